The summed E-state index contributed by atoms with van der Waals surface area (Å²) in [6.45, 7) is 3.38. The van der Waals surface area contributed by atoms with Gasteiger partial charge in [0, 0.05) is 5.92 Å². The Kier molecular flexibility index (Phi) is 9.43. The lowest BCUT2D eigenvalue weighted by atomic mass is 9.68. The Morgan fingerprint density at radius 2 is 1.24 bits per heavy atom. The fourth-order valence-electron chi connectivity index (χ4n) is 7.69. The normalized spacial score (nSPS) is 40.8. The topological polar surface area (TPSA) is 9.23 Å². The molecule has 0 aromatic rings. The zero-order valence-corrected chi connectivity index (χ0v) is 21.1. The van der Waals surface area contributed by atoms with E-state index in [1.165, 1.54) is 77.0 Å². The molecule has 1 aliphatic heterocycles. The Hall–Kier alpha value is -0.580. The number of rotatable bonds is 6. The van der Waals surface area contributed by atoms with Crippen LogP contribution in [0.1, 0.15) is 110 Å². The lowest BCUT2D eigenvalue weighted by Gasteiger charge is -2.39. The van der Waals surface area contributed by atoms with E-state index in [0.717, 1.165) is 43.1 Å². The third-order valence-electron chi connectivity index (χ3n) is 10.1. The van der Waals surface area contributed by atoms with Crippen LogP contribution in [-0.2, 0) is 4.74 Å². The molecule has 1 nitrogen and oxygen atoms in total. The second-order valence-corrected chi connectivity index (χ2v) is 12.4. The van der Waals surface area contributed by atoms with E-state index in [4.69, 9.17) is 4.74 Å². The van der Waals surface area contributed by atoms with Gasteiger partial charge in [-0.3, -0.25) is 0 Å². The van der Waals surface area contributed by atoms with Crippen molar-refractivity contribution in [2.75, 3.05) is 6.61 Å². The summed E-state index contributed by atoms with van der Waals surface area (Å²) in [5.74, 6) is 3.22. The Morgan fingerprint density at radius 3 is 1.79 bits per heavy atom. The third kappa shape index (κ3) is 7.71. The first-order valence-electron chi connectivity index (χ1n) is 14.3. The van der Waals surface area contributed by atoms with Gasteiger partial charge in [-0.05, 0) is 113 Å². The van der Waals surface area contributed by atoms with Gasteiger partial charge in [0.25, 0.3) is 0 Å². The lowest BCUT2D eigenvalue weighted by Crippen LogP contribution is -2.32. The van der Waals surface area contributed by atoms with Gasteiger partial charge in [-0.2, -0.15) is 13.2 Å². The van der Waals surface area contributed by atoms with Crippen LogP contribution in [0.15, 0.2) is 11.9 Å². The maximum Gasteiger partial charge on any atom is 0.412 e. The van der Waals surface area contributed by atoms with Gasteiger partial charge in [0.2, 0.25) is 0 Å². The van der Waals surface area contributed by atoms with E-state index in [1.54, 1.807) is 0 Å². The lowest BCUT2D eigenvalue weighted by molar-refractivity contribution is -0.0821. The number of allylic oxidation sites excluding steroid dienone is 2. The standard InChI is InChI=1S/C29H46F4O/c1-20-2-7-24(8-3-20)26-15-17-27(34-19-26)16-6-21-4-9-22(10-5-21)23-11-13-25(14-12-23)28(30)18-29(31,32)33/h18,20-27H,2-17,19H2,1H3/b28-18-. The minimum Gasteiger partial charge on any atom is -0.378 e. The highest BCUT2D eigenvalue weighted by Gasteiger charge is 2.35. The number of ether oxygens (including phenoxy) is 1. The van der Waals surface area contributed by atoms with Gasteiger partial charge in [0.1, 0.15) is 5.83 Å². The summed E-state index contributed by atoms with van der Waals surface area (Å²) in [5.41, 5.74) is 0. The maximum absolute atomic E-state index is 13.9. The largest absolute Gasteiger partial charge is 0.412 e. The molecule has 34 heavy (non-hydrogen) atoms. The molecule has 2 atom stereocenters. The number of halogens is 4. The van der Waals surface area contributed by atoms with Gasteiger partial charge in [-0.15, -0.1) is 0 Å². The second kappa shape index (κ2) is 12.1. The van der Waals surface area contributed by atoms with E-state index < -0.39 is 17.9 Å². The molecule has 0 bridgehead atoms. The molecule has 5 heteroatoms. The van der Waals surface area contributed by atoms with E-state index in [1.807, 2.05) is 0 Å². The van der Waals surface area contributed by atoms with Crippen LogP contribution in [0.5, 0.6) is 0 Å². The first-order chi connectivity index (χ1) is 16.3. The summed E-state index contributed by atoms with van der Waals surface area (Å²) in [7, 11) is 0. The maximum atomic E-state index is 13.9. The zero-order valence-electron chi connectivity index (χ0n) is 21.1. The van der Waals surface area contributed by atoms with Crippen molar-refractivity contribution in [3.63, 3.8) is 0 Å². The summed E-state index contributed by atoms with van der Waals surface area (Å²) < 4.78 is 57.5. The van der Waals surface area contributed by atoms with Crippen LogP contribution in [0, 0.1) is 41.4 Å². The van der Waals surface area contributed by atoms with Gasteiger partial charge >= 0.3 is 6.18 Å². The molecule has 3 saturated carbocycles. The van der Waals surface area contributed by atoms with E-state index in [0.29, 0.717) is 30.8 Å². The van der Waals surface area contributed by atoms with Crippen LogP contribution in [0.25, 0.3) is 0 Å². The Labute approximate surface area is 204 Å². The third-order valence-corrected chi connectivity index (χ3v) is 10.1. The highest BCUT2D eigenvalue weighted by Crippen LogP contribution is 2.44. The molecule has 4 rings (SSSR count). The summed E-state index contributed by atoms with van der Waals surface area (Å²) >= 11 is 0. The van der Waals surface area contributed by atoms with Gasteiger partial charge < -0.3 is 4.74 Å². The van der Waals surface area contributed by atoms with E-state index >= 15 is 0 Å². The fraction of sp³-hybridized carbons (Fsp3) is 0.931. The minimum absolute atomic E-state index is 0.129. The van der Waals surface area contributed by atoms with Crippen molar-refractivity contribution in [2.24, 2.45) is 41.4 Å². The van der Waals surface area contributed by atoms with Crippen molar-refractivity contribution in [1.82, 2.24) is 0 Å². The van der Waals surface area contributed by atoms with Crippen LogP contribution in [0.2, 0.25) is 0 Å². The second-order valence-electron chi connectivity index (χ2n) is 12.4. The van der Waals surface area contributed by atoms with Gasteiger partial charge in [-0.1, -0.05) is 32.6 Å². The zero-order chi connectivity index (χ0) is 24.1. The van der Waals surface area contributed by atoms with Gasteiger partial charge in [0.15, 0.2) is 0 Å². The van der Waals surface area contributed by atoms with Gasteiger partial charge in [0.05, 0.1) is 18.8 Å². The molecule has 4 aliphatic rings. The van der Waals surface area contributed by atoms with Crippen molar-refractivity contribution in [3.05, 3.63) is 11.9 Å². The molecule has 3 aliphatic carbocycles. The van der Waals surface area contributed by atoms with E-state index in [9.17, 15) is 17.6 Å². The predicted molar refractivity (Wildman–Crippen MR) is 129 cm³/mol. The van der Waals surface area contributed by atoms with Gasteiger partial charge in [-0.25, -0.2) is 4.39 Å². The van der Waals surface area contributed by atoms with E-state index in [2.05, 4.69) is 6.92 Å². The molecule has 0 aromatic heterocycles. The van der Waals surface area contributed by atoms with Crippen LogP contribution in [0.4, 0.5) is 17.6 Å². The molecular weight excluding hydrogens is 440 g/mol. The summed E-state index contributed by atoms with van der Waals surface area (Å²) in [4.78, 5) is 0. The Morgan fingerprint density at radius 1 is 0.706 bits per heavy atom. The fourth-order valence-corrected chi connectivity index (χ4v) is 7.69. The molecule has 0 aromatic carbocycles. The molecule has 0 radical (unpaired) electrons. The average Bonchev–Trinajstić information content (AvgIpc) is 2.83. The number of hydrogen-bond donors (Lipinski definition) is 0. The van der Waals surface area contributed by atoms with Crippen LogP contribution < -0.4 is 0 Å². The molecule has 1 heterocycles. The minimum atomic E-state index is -4.54. The molecule has 2 unspecified atom stereocenters. The first-order valence-corrected chi connectivity index (χ1v) is 14.3. The molecule has 1 saturated heterocycles. The monoisotopic (exact) mass is 486 g/mol. The van der Waals surface area contributed by atoms with Crippen molar-refractivity contribution >= 4 is 0 Å². The molecule has 0 N–H and O–H groups in total. The summed E-state index contributed by atoms with van der Waals surface area (Å²) in [6, 6.07) is 0. The predicted octanol–water partition coefficient (Wildman–Crippen LogP) is 9.42. The molecule has 4 fully saturated rings. The summed E-state index contributed by atoms with van der Waals surface area (Å²) in [6.07, 6.45) is 14.5. The average molecular weight is 487 g/mol. The Balaban J connectivity index is 1.09. The van der Waals surface area contributed by atoms with Crippen molar-refractivity contribution in [2.45, 2.75) is 122 Å². The smallest absolute Gasteiger partial charge is 0.378 e. The van der Waals surface area contributed by atoms with Crippen molar-refractivity contribution in [3.8, 4) is 0 Å². The van der Waals surface area contributed by atoms with Crippen molar-refractivity contribution in [1.29, 1.82) is 0 Å². The quantitative estimate of drug-likeness (QED) is 0.340. The van der Waals surface area contributed by atoms with Crippen LogP contribution >= 0.6 is 0 Å². The number of alkyl halides is 3. The van der Waals surface area contributed by atoms with E-state index in [-0.39, 0.29) is 6.08 Å². The molecule has 0 spiro atoms. The van der Waals surface area contributed by atoms with Crippen LogP contribution in [-0.4, -0.2) is 18.9 Å². The number of hydrogen-bond acceptors (Lipinski definition) is 1. The molecular formula is C29H46F4O. The van der Waals surface area contributed by atoms with Crippen molar-refractivity contribution < 1.29 is 22.3 Å². The van der Waals surface area contributed by atoms with Crippen LogP contribution in [0.3, 0.4) is 0 Å². The SMILES string of the molecule is CC1CCC(C2CCC(CCC3CCC(C4CCC(/C(F)=C/C(F)(F)F)CC4)CC3)OC2)CC1. The molecule has 196 valence electrons. The first kappa shape index (κ1) is 26.5. The Bertz CT molecular complexity index is 627. The highest BCUT2D eigenvalue weighted by molar-refractivity contribution is 5.03. The molecule has 0 amide bonds. The summed E-state index contributed by atoms with van der Waals surface area (Å²) in [5, 5.41) is 0. The highest BCUT2D eigenvalue weighted by atomic mass is 19.4.